The topological polar surface area (TPSA) is 65.9 Å². The summed E-state index contributed by atoms with van der Waals surface area (Å²) in [7, 11) is 0. The van der Waals surface area contributed by atoms with Gasteiger partial charge in [0, 0.05) is 49.5 Å². The monoisotopic (exact) mass is 343 g/mol. The second-order valence-electron chi connectivity index (χ2n) is 4.63. The summed E-state index contributed by atoms with van der Waals surface area (Å²) >= 11 is 3.32. The minimum absolute atomic E-state index is 0.588. The van der Waals surface area contributed by atoms with Crippen LogP contribution < -0.4 is 4.74 Å². The molecule has 7 heteroatoms. The fourth-order valence-corrected chi connectivity index (χ4v) is 2.31. The van der Waals surface area contributed by atoms with Crippen molar-refractivity contribution in [2.75, 3.05) is 39.3 Å². The van der Waals surface area contributed by atoms with Crippen LogP contribution in [0, 0.1) is 0 Å². The molecule has 0 bridgehead atoms. The molecule has 1 aromatic rings. The lowest BCUT2D eigenvalue weighted by molar-refractivity contribution is 0.103. The van der Waals surface area contributed by atoms with Gasteiger partial charge in [-0.25, -0.2) is 9.78 Å². The Balaban J connectivity index is 1.60. The van der Waals surface area contributed by atoms with Crippen molar-refractivity contribution >= 4 is 22.0 Å². The van der Waals surface area contributed by atoms with Crippen molar-refractivity contribution in [3.05, 3.63) is 22.8 Å². The summed E-state index contributed by atoms with van der Waals surface area (Å²) in [6.45, 7) is 4.30. The molecular formula is C13H18BrN3O3. The summed E-state index contributed by atoms with van der Waals surface area (Å²) in [4.78, 5) is 18.6. The number of rotatable bonds is 5. The van der Waals surface area contributed by atoms with Gasteiger partial charge in [0.25, 0.3) is 0 Å². The molecule has 1 aromatic heterocycles. The SMILES string of the molecule is O=C(O)N1CCN(CCCOc2ccc(Br)cn2)CC1. The molecule has 0 radical (unpaired) electrons. The Morgan fingerprint density at radius 1 is 1.35 bits per heavy atom. The van der Waals surface area contributed by atoms with Gasteiger partial charge in [0.1, 0.15) is 0 Å². The Bertz CT molecular complexity index is 433. The van der Waals surface area contributed by atoms with Crippen molar-refractivity contribution in [2.24, 2.45) is 0 Å². The highest BCUT2D eigenvalue weighted by molar-refractivity contribution is 9.10. The van der Waals surface area contributed by atoms with Gasteiger partial charge in [-0.2, -0.15) is 0 Å². The largest absolute Gasteiger partial charge is 0.478 e. The number of carbonyl (C=O) groups is 1. The summed E-state index contributed by atoms with van der Waals surface area (Å²) in [6.07, 6.45) is 1.79. The quantitative estimate of drug-likeness (QED) is 0.827. The Morgan fingerprint density at radius 3 is 2.70 bits per heavy atom. The van der Waals surface area contributed by atoms with Gasteiger partial charge in [0.05, 0.1) is 6.61 Å². The molecule has 0 atom stereocenters. The minimum Gasteiger partial charge on any atom is -0.478 e. The number of hydrogen-bond donors (Lipinski definition) is 1. The van der Waals surface area contributed by atoms with Crippen molar-refractivity contribution in [2.45, 2.75) is 6.42 Å². The van der Waals surface area contributed by atoms with E-state index in [0.717, 1.165) is 30.5 Å². The summed E-state index contributed by atoms with van der Waals surface area (Å²) < 4.78 is 6.48. The molecule has 0 spiro atoms. The van der Waals surface area contributed by atoms with Crippen molar-refractivity contribution in [1.82, 2.24) is 14.8 Å². The van der Waals surface area contributed by atoms with Gasteiger partial charge in [-0.15, -0.1) is 0 Å². The van der Waals surface area contributed by atoms with Crippen LogP contribution in [-0.4, -0.2) is 65.3 Å². The fraction of sp³-hybridized carbons (Fsp3) is 0.538. The molecule has 0 aromatic carbocycles. The summed E-state index contributed by atoms with van der Waals surface area (Å²) in [5.74, 6) is 0.629. The highest BCUT2D eigenvalue weighted by Crippen LogP contribution is 2.12. The molecule has 1 fully saturated rings. The molecule has 0 aliphatic carbocycles. The van der Waals surface area contributed by atoms with Crippen LogP contribution >= 0.6 is 15.9 Å². The van der Waals surface area contributed by atoms with Gasteiger partial charge < -0.3 is 14.7 Å². The molecule has 0 unspecified atom stereocenters. The maximum atomic E-state index is 10.8. The number of nitrogens with zero attached hydrogens (tertiary/aromatic N) is 3. The number of hydrogen-bond acceptors (Lipinski definition) is 4. The molecule has 6 nitrogen and oxygen atoms in total. The number of aromatic nitrogens is 1. The molecule has 110 valence electrons. The predicted molar refractivity (Wildman–Crippen MR) is 78.1 cm³/mol. The van der Waals surface area contributed by atoms with E-state index < -0.39 is 6.09 Å². The van der Waals surface area contributed by atoms with E-state index >= 15 is 0 Å². The second kappa shape index (κ2) is 7.44. The third kappa shape index (κ3) is 4.64. The maximum Gasteiger partial charge on any atom is 0.407 e. The average molecular weight is 344 g/mol. The number of halogens is 1. The van der Waals surface area contributed by atoms with Crippen LogP contribution in [0.1, 0.15) is 6.42 Å². The number of carboxylic acid groups (broad SMARTS) is 1. The van der Waals surface area contributed by atoms with Crippen molar-refractivity contribution < 1.29 is 14.6 Å². The molecule has 20 heavy (non-hydrogen) atoms. The molecular weight excluding hydrogens is 326 g/mol. The van der Waals surface area contributed by atoms with Gasteiger partial charge in [-0.3, -0.25) is 4.90 Å². The van der Waals surface area contributed by atoms with E-state index in [2.05, 4.69) is 25.8 Å². The normalized spacial score (nSPS) is 16.1. The second-order valence-corrected chi connectivity index (χ2v) is 5.54. The Morgan fingerprint density at radius 2 is 2.10 bits per heavy atom. The highest BCUT2D eigenvalue weighted by atomic mass is 79.9. The molecule has 1 aliphatic heterocycles. The third-order valence-electron chi connectivity index (χ3n) is 3.21. The number of piperazine rings is 1. The maximum absolute atomic E-state index is 10.8. The van der Waals surface area contributed by atoms with Crippen LogP contribution in [0.2, 0.25) is 0 Å². The van der Waals surface area contributed by atoms with Crippen LogP contribution in [0.15, 0.2) is 22.8 Å². The Labute approximate surface area is 126 Å². The fourth-order valence-electron chi connectivity index (χ4n) is 2.08. The van der Waals surface area contributed by atoms with Crippen molar-refractivity contribution in [3.63, 3.8) is 0 Å². The van der Waals surface area contributed by atoms with E-state index in [1.165, 1.54) is 4.90 Å². The predicted octanol–water partition coefficient (Wildman–Crippen LogP) is 1.91. The first-order valence-electron chi connectivity index (χ1n) is 6.60. The smallest absolute Gasteiger partial charge is 0.407 e. The van der Waals surface area contributed by atoms with Gasteiger partial charge in [0.15, 0.2) is 0 Å². The standard InChI is InChI=1S/C13H18BrN3O3/c14-11-2-3-12(15-10-11)20-9-1-4-16-5-7-17(8-6-16)13(18)19/h2-3,10H,1,4-9H2,(H,18,19). The first kappa shape index (κ1) is 15.1. The molecule has 1 aliphatic rings. The van der Waals surface area contributed by atoms with Crippen LogP contribution in [0.25, 0.3) is 0 Å². The zero-order valence-electron chi connectivity index (χ0n) is 11.2. The molecule has 2 heterocycles. The van der Waals surface area contributed by atoms with Gasteiger partial charge in [-0.1, -0.05) is 0 Å². The van der Waals surface area contributed by atoms with Gasteiger partial charge >= 0.3 is 6.09 Å². The first-order chi connectivity index (χ1) is 9.65. The van der Waals surface area contributed by atoms with Crippen LogP contribution in [0.3, 0.4) is 0 Å². The average Bonchev–Trinajstić information content (AvgIpc) is 2.46. The summed E-state index contributed by atoms with van der Waals surface area (Å²) in [5, 5.41) is 8.86. The van der Waals surface area contributed by atoms with E-state index in [1.54, 1.807) is 6.20 Å². The molecule has 2 rings (SSSR count). The molecule has 0 saturated carbocycles. The van der Waals surface area contributed by atoms with E-state index in [0.29, 0.717) is 25.6 Å². The lowest BCUT2D eigenvalue weighted by Crippen LogP contribution is -2.48. The number of ether oxygens (including phenoxy) is 1. The lowest BCUT2D eigenvalue weighted by atomic mass is 10.3. The number of pyridine rings is 1. The molecule has 1 saturated heterocycles. The van der Waals surface area contributed by atoms with Crippen LogP contribution in [0.5, 0.6) is 5.88 Å². The zero-order valence-corrected chi connectivity index (χ0v) is 12.8. The minimum atomic E-state index is -0.825. The third-order valence-corrected chi connectivity index (χ3v) is 3.68. The van der Waals surface area contributed by atoms with E-state index in [9.17, 15) is 4.79 Å². The van der Waals surface area contributed by atoms with E-state index in [1.807, 2.05) is 12.1 Å². The lowest BCUT2D eigenvalue weighted by Gasteiger charge is -2.32. The first-order valence-corrected chi connectivity index (χ1v) is 7.39. The molecule has 1 amide bonds. The zero-order chi connectivity index (χ0) is 14.4. The summed E-state index contributed by atoms with van der Waals surface area (Å²) in [5.41, 5.74) is 0. The van der Waals surface area contributed by atoms with E-state index in [4.69, 9.17) is 9.84 Å². The van der Waals surface area contributed by atoms with Crippen molar-refractivity contribution in [1.29, 1.82) is 0 Å². The van der Waals surface area contributed by atoms with Crippen molar-refractivity contribution in [3.8, 4) is 5.88 Å². The Kier molecular flexibility index (Phi) is 5.60. The van der Waals surface area contributed by atoms with Crippen LogP contribution in [0.4, 0.5) is 4.79 Å². The Hall–Kier alpha value is -1.34. The summed E-state index contributed by atoms with van der Waals surface area (Å²) in [6, 6.07) is 3.73. The number of amides is 1. The molecule has 1 N–H and O–H groups in total. The van der Waals surface area contributed by atoms with E-state index in [-0.39, 0.29) is 0 Å². The highest BCUT2D eigenvalue weighted by Gasteiger charge is 2.19. The van der Waals surface area contributed by atoms with Gasteiger partial charge in [-0.05, 0) is 28.4 Å². The van der Waals surface area contributed by atoms with Crippen LogP contribution in [-0.2, 0) is 0 Å². The van der Waals surface area contributed by atoms with Gasteiger partial charge in [0.2, 0.25) is 5.88 Å².